The lowest BCUT2D eigenvalue weighted by Gasteiger charge is -2.58. The lowest BCUT2D eigenvalue weighted by molar-refractivity contribution is -0.157. The van der Waals surface area contributed by atoms with Crippen LogP contribution in [-0.2, 0) is 22.6 Å². The molecule has 0 unspecified atom stereocenters. The molecule has 3 aliphatic heterocycles. The number of pyridine rings is 1. The highest BCUT2D eigenvalue weighted by Gasteiger charge is 2.52. The summed E-state index contributed by atoms with van der Waals surface area (Å²) in [5.41, 5.74) is 2.33. The Morgan fingerprint density at radius 2 is 2.13 bits per heavy atom. The zero-order chi connectivity index (χ0) is 20.6. The van der Waals surface area contributed by atoms with Crippen molar-refractivity contribution in [3.8, 4) is 5.75 Å². The van der Waals surface area contributed by atoms with Crippen LogP contribution in [0.15, 0.2) is 48.8 Å². The first kappa shape index (κ1) is 19.5. The molecule has 0 bridgehead atoms. The smallest absolute Gasteiger partial charge is 0.264 e. The van der Waals surface area contributed by atoms with Gasteiger partial charge in [0.15, 0.2) is 6.10 Å². The van der Waals surface area contributed by atoms with Crippen LogP contribution in [0.4, 0.5) is 0 Å². The molecule has 4 heterocycles. The fourth-order valence-corrected chi connectivity index (χ4v) is 5.09. The number of amides is 1. The molecule has 1 aromatic carbocycles. The van der Waals surface area contributed by atoms with Crippen molar-refractivity contribution in [3.05, 3.63) is 59.9 Å². The number of carbonyl (C=O) groups is 1. The quantitative estimate of drug-likeness (QED) is 0.762. The van der Waals surface area contributed by atoms with Gasteiger partial charge in [0.1, 0.15) is 5.75 Å². The average Bonchev–Trinajstić information content (AvgIpc) is 3.18. The summed E-state index contributed by atoms with van der Waals surface area (Å²) in [5.74, 6) is 1.51. The Hall–Kier alpha value is -2.44. The van der Waals surface area contributed by atoms with E-state index in [1.807, 2.05) is 47.5 Å². The van der Waals surface area contributed by atoms with E-state index in [-0.39, 0.29) is 17.6 Å². The van der Waals surface area contributed by atoms with Gasteiger partial charge in [0.25, 0.3) is 5.91 Å². The lowest BCUT2D eigenvalue weighted by atomic mass is 9.75. The van der Waals surface area contributed by atoms with Crippen LogP contribution in [0.1, 0.15) is 24.0 Å². The third kappa shape index (κ3) is 3.70. The molecule has 0 N–H and O–H groups in total. The molecule has 2 fully saturated rings. The summed E-state index contributed by atoms with van der Waals surface area (Å²) >= 11 is 0. The van der Waals surface area contributed by atoms with Gasteiger partial charge in [0.2, 0.25) is 0 Å². The van der Waals surface area contributed by atoms with Crippen molar-refractivity contribution in [2.24, 2.45) is 5.92 Å². The second kappa shape index (κ2) is 8.00. The van der Waals surface area contributed by atoms with E-state index in [0.29, 0.717) is 18.9 Å². The van der Waals surface area contributed by atoms with Crippen molar-refractivity contribution in [2.45, 2.75) is 37.5 Å². The molecular weight excluding hydrogens is 378 g/mol. The van der Waals surface area contributed by atoms with Crippen molar-refractivity contribution in [3.63, 3.8) is 0 Å². The number of ether oxygens (including phenoxy) is 2. The summed E-state index contributed by atoms with van der Waals surface area (Å²) in [6, 6.07) is 11.9. The maximum Gasteiger partial charge on any atom is 0.264 e. The maximum atomic E-state index is 13.0. The summed E-state index contributed by atoms with van der Waals surface area (Å²) in [7, 11) is 2.19. The van der Waals surface area contributed by atoms with E-state index in [4.69, 9.17) is 9.47 Å². The Bertz CT molecular complexity index is 873. The summed E-state index contributed by atoms with van der Waals surface area (Å²) < 4.78 is 11.9. The van der Waals surface area contributed by atoms with Gasteiger partial charge in [-0.05, 0) is 55.6 Å². The third-order valence-corrected chi connectivity index (χ3v) is 6.90. The largest absolute Gasteiger partial charge is 0.480 e. The molecule has 1 aromatic heterocycles. The number of hydrogen-bond donors (Lipinski definition) is 0. The van der Waals surface area contributed by atoms with Gasteiger partial charge in [-0.3, -0.25) is 14.7 Å². The summed E-state index contributed by atoms with van der Waals surface area (Å²) in [6.07, 6.45) is 6.16. The van der Waals surface area contributed by atoms with Crippen LogP contribution in [0.25, 0.3) is 0 Å². The number of likely N-dealkylation sites (tertiary alicyclic amines) is 2. The predicted molar refractivity (Wildman–Crippen MR) is 113 cm³/mol. The number of rotatable bonds is 5. The molecule has 158 valence electrons. The second-order valence-corrected chi connectivity index (χ2v) is 8.99. The van der Waals surface area contributed by atoms with Gasteiger partial charge >= 0.3 is 0 Å². The number of aromatic nitrogens is 1. The van der Waals surface area contributed by atoms with Crippen molar-refractivity contribution >= 4 is 5.91 Å². The monoisotopic (exact) mass is 407 g/mol. The normalized spacial score (nSPS) is 24.9. The minimum atomic E-state index is -0.368. The fraction of sp³-hybridized carbons (Fsp3) is 0.500. The molecule has 2 atom stereocenters. The Morgan fingerprint density at radius 1 is 1.27 bits per heavy atom. The topological polar surface area (TPSA) is 54.9 Å². The molecule has 1 amide bonds. The van der Waals surface area contributed by atoms with Crippen molar-refractivity contribution in [2.75, 3.05) is 33.3 Å². The van der Waals surface area contributed by atoms with Crippen LogP contribution in [0.3, 0.4) is 0 Å². The van der Waals surface area contributed by atoms with Gasteiger partial charge < -0.3 is 14.4 Å². The number of carbonyl (C=O) groups excluding carboxylic acids is 1. The van der Waals surface area contributed by atoms with E-state index in [0.717, 1.165) is 56.0 Å². The number of fused-ring (bicyclic) bond motifs is 1. The number of piperidine rings is 1. The van der Waals surface area contributed by atoms with Crippen LogP contribution < -0.4 is 4.74 Å². The number of para-hydroxylation sites is 1. The zero-order valence-corrected chi connectivity index (χ0v) is 17.5. The molecule has 6 heteroatoms. The van der Waals surface area contributed by atoms with Crippen LogP contribution in [0.2, 0.25) is 0 Å². The molecule has 30 heavy (non-hydrogen) atoms. The molecule has 0 saturated carbocycles. The molecule has 3 aliphatic rings. The molecule has 5 rings (SSSR count). The number of likely N-dealkylation sites (N-methyl/N-ethyl adjacent to an activating group) is 1. The highest BCUT2D eigenvalue weighted by molar-refractivity contribution is 5.83. The van der Waals surface area contributed by atoms with Gasteiger partial charge in [-0.1, -0.05) is 24.3 Å². The maximum absolute atomic E-state index is 13.0. The van der Waals surface area contributed by atoms with E-state index in [9.17, 15) is 4.79 Å². The number of hydrogen-bond acceptors (Lipinski definition) is 5. The molecular formula is C24H29N3O3. The Morgan fingerprint density at radius 3 is 2.93 bits per heavy atom. The molecule has 2 aromatic rings. The molecule has 0 aliphatic carbocycles. The Balaban J connectivity index is 1.13. The number of nitrogens with zero attached hydrogens (tertiary/aromatic N) is 3. The molecule has 2 saturated heterocycles. The predicted octanol–water partition coefficient (Wildman–Crippen LogP) is 2.52. The highest BCUT2D eigenvalue weighted by Crippen LogP contribution is 2.39. The first-order valence-electron chi connectivity index (χ1n) is 10.8. The van der Waals surface area contributed by atoms with Gasteiger partial charge in [0, 0.05) is 38.5 Å². The van der Waals surface area contributed by atoms with E-state index < -0.39 is 0 Å². The highest BCUT2D eigenvalue weighted by atomic mass is 16.5. The summed E-state index contributed by atoms with van der Waals surface area (Å²) in [6.45, 7) is 4.00. The zero-order valence-electron chi connectivity index (χ0n) is 17.5. The molecule has 0 radical (unpaired) electrons. The SMILES string of the molecule is CN1CC[C@@H](COCc2cccnc2)CC12CN(C(=O)[C@H]1Cc3ccccc3O1)C2. The van der Waals surface area contributed by atoms with E-state index in [1.54, 1.807) is 6.20 Å². The van der Waals surface area contributed by atoms with Gasteiger partial charge in [-0.2, -0.15) is 0 Å². The molecule has 1 spiro atoms. The van der Waals surface area contributed by atoms with E-state index in [2.05, 4.69) is 16.9 Å². The van der Waals surface area contributed by atoms with Crippen molar-refractivity contribution in [1.82, 2.24) is 14.8 Å². The summed E-state index contributed by atoms with van der Waals surface area (Å²) in [4.78, 5) is 21.6. The number of benzene rings is 1. The first-order valence-corrected chi connectivity index (χ1v) is 10.8. The van der Waals surface area contributed by atoms with Crippen molar-refractivity contribution < 1.29 is 14.3 Å². The fourth-order valence-electron chi connectivity index (χ4n) is 5.09. The standard InChI is InChI=1S/C24H29N3O3/c1-26-10-8-18(14-29-15-19-5-4-9-25-13-19)12-24(26)16-27(17-24)23(28)22-11-20-6-2-3-7-21(20)30-22/h2-7,9,13,18,22H,8,10-12,14-17H2,1H3/t18-,22-/m1/s1. The van der Waals surface area contributed by atoms with Gasteiger partial charge in [-0.15, -0.1) is 0 Å². The lowest BCUT2D eigenvalue weighted by Crippen LogP contribution is -2.73. The molecule has 6 nitrogen and oxygen atoms in total. The van der Waals surface area contributed by atoms with E-state index >= 15 is 0 Å². The summed E-state index contributed by atoms with van der Waals surface area (Å²) in [5, 5.41) is 0. The Labute approximate surface area is 177 Å². The first-order chi connectivity index (χ1) is 14.6. The second-order valence-electron chi connectivity index (χ2n) is 8.99. The minimum Gasteiger partial charge on any atom is -0.480 e. The van der Waals surface area contributed by atoms with Gasteiger partial charge in [0.05, 0.1) is 12.1 Å². The van der Waals surface area contributed by atoms with Crippen molar-refractivity contribution in [1.29, 1.82) is 0 Å². The van der Waals surface area contributed by atoms with Crippen LogP contribution in [0, 0.1) is 5.92 Å². The van der Waals surface area contributed by atoms with Crippen LogP contribution in [0.5, 0.6) is 5.75 Å². The third-order valence-electron chi connectivity index (χ3n) is 6.90. The Kier molecular flexibility index (Phi) is 5.21. The van der Waals surface area contributed by atoms with Gasteiger partial charge in [-0.25, -0.2) is 0 Å². The van der Waals surface area contributed by atoms with E-state index in [1.165, 1.54) is 0 Å². The van der Waals surface area contributed by atoms with Crippen LogP contribution in [-0.4, -0.2) is 65.6 Å². The van der Waals surface area contributed by atoms with Crippen LogP contribution >= 0.6 is 0 Å². The average molecular weight is 408 g/mol. The minimum absolute atomic E-state index is 0.0850.